The van der Waals surface area contributed by atoms with Gasteiger partial charge in [-0.05, 0) is 35.6 Å². The van der Waals surface area contributed by atoms with Gasteiger partial charge in [-0.2, -0.15) is 0 Å². The molecule has 2 N–H and O–H groups in total. The van der Waals surface area contributed by atoms with Gasteiger partial charge in [0, 0.05) is 30.7 Å². The van der Waals surface area contributed by atoms with Gasteiger partial charge in [-0.15, -0.1) is 0 Å². The Morgan fingerprint density at radius 2 is 1.65 bits per heavy atom. The van der Waals surface area contributed by atoms with Gasteiger partial charge in [-0.1, -0.05) is 39.3 Å². The van der Waals surface area contributed by atoms with Crippen LogP contribution in [0.5, 0.6) is 0 Å². The molecule has 0 spiro atoms. The van der Waals surface area contributed by atoms with Crippen LogP contribution in [0.3, 0.4) is 0 Å². The lowest BCUT2D eigenvalue weighted by Crippen LogP contribution is -2.38. The number of benzene rings is 1. The topological polar surface area (TPSA) is 29.3 Å². The first-order valence-electron chi connectivity index (χ1n) is 7.23. The summed E-state index contributed by atoms with van der Waals surface area (Å²) in [5.74, 6) is 0.763. The van der Waals surface area contributed by atoms with E-state index in [1.807, 2.05) is 6.07 Å². The molecule has 1 aromatic rings. The minimum Gasteiger partial charge on any atom is -0.329 e. The zero-order valence-corrected chi connectivity index (χ0v) is 13.6. The third kappa shape index (κ3) is 5.39. The lowest BCUT2D eigenvalue weighted by atomic mass is 10.0. The van der Waals surface area contributed by atoms with E-state index in [-0.39, 0.29) is 11.9 Å². The number of hydrogen-bond donors (Lipinski definition) is 1. The molecular weight excluding hydrogens is 275 g/mol. The van der Waals surface area contributed by atoms with Crippen LogP contribution in [0.1, 0.15) is 39.3 Å². The second-order valence-corrected chi connectivity index (χ2v) is 6.63. The summed E-state index contributed by atoms with van der Waals surface area (Å²) in [5.41, 5.74) is 6.81. The average Bonchev–Trinajstić information content (AvgIpc) is 2.26. The standard InChI is InChI=1S/C16H26ClFN2/c1-11(2)9-20(10-12(3)4)16(8-19)13-5-14(17)7-15(18)6-13/h5-7,11-12,16H,8-10,19H2,1-4H3. The van der Waals surface area contributed by atoms with Crippen molar-refractivity contribution >= 4 is 11.6 Å². The molecule has 0 amide bonds. The molecule has 114 valence electrons. The molecule has 2 nitrogen and oxygen atoms in total. The Morgan fingerprint density at radius 1 is 1.10 bits per heavy atom. The molecule has 4 heteroatoms. The number of nitrogens with zero attached hydrogens (tertiary/aromatic N) is 1. The Balaban J connectivity index is 3.04. The fourth-order valence-corrected chi connectivity index (χ4v) is 2.76. The van der Waals surface area contributed by atoms with Gasteiger partial charge < -0.3 is 5.73 Å². The average molecular weight is 301 g/mol. The van der Waals surface area contributed by atoms with Crippen LogP contribution in [-0.2, 0) is 0 Å². The molecule has 1 aromatic carbocycles. The highest BCUT2D eigenvalue weighted by Gasteiger charge is 2.21. The SMILES string of the molecule is CC(C)CN(CC(C)C)C(CN)c1cc(F)cc(Cl)c1. The van der Waals surface area contributed by atoms with E-state index in [9.17, 15) is 4.39 Å². The largest absolute Gasteiger partial charge is 0.329 e. The number of nitrogens with two attached hydrogens (primary N) is 1. The van der Waals surface area contributed by atoms with Crippen molar-refractivity contribution in [3.63, 3.8) is 0 Å². The molecule has 0 saturated heterocycles. The van der Waals surface area contributed by atoms with E-state index in [1.54, 1.807) is 0 Å². The molecule has 0 fully saturated rings. The first-order valence-corrected chi connectivity index (χ1v) is 7.61. The Hall–Kier alpha value is -0.640. The lowest BCUT2D eigenvalue weighted by Gasteiger charge is -2.34. The van der Waals surface area contributed by atoms with Gasteiger partial charge in [0.15, 0.2) is 0 Å². The van der Waals surface area contributed by atoms with Crippen molar-refractivity contribution < 1.29 is 4.39 Å². The summed E-state index contributed by atoms with van der Waals surface area (Å²) in [6.45, 7) is 11.1. The highest BCUT2D eigenvalue weighted by molar-refractivity contribution is 6.30. The van der Waals surface area contributed by atoms with Gasteiger partial charge in [0.05, 0.1) is 0 Å². The fraction of sp³-hybridized carbons (Fsp3) is 0.625. The van der Waals surface area contributed by atoms with Gasteiger partial charge in [-0.3, -0.25) is 4.90 Å². The second-order valence-electron chi connectivity index (χ2n) is 6.20. The predicted molar refractivity (Wildman–Crippen MR) is 84.5 cm³/mol. The highest BCUT2D eigenvalue weighted by Crippen LogP contribution is 2.25. The molecule has 0 radical (unpaired) electrons. The minimum atomic E-state index is -0.306. The second kappa shape index (κ2) is 7.96. The van der Waals surface area contributed by atoms with Crippen molar-refractivity contribution in [1.82, 2.24) is 4.90 Å². The van der Waals surface area contributed by atoms with Crippen LogP contribution >= 0.6 is 11.6 Å². The van der Waals surface area contributed by atoms with Crippen LogP contribution in [0.15, 0.2) is 18.2 Å². The van der Waals surface area contributed by atoms with E-state index in [2.05, 4.69) is 32.6 Å². The molecule has 1 unspecified atom stereocenters. The van der Waals surface area contributed by atoms with Crippen molar-refractivity contribution in [3.8, 4) is 0 Å². The molecule has 0 aliphatic carbocycles. The van der Waals surface area contributed by atoms with Crippen LogP contribution in [0, 0.1) is 17.7 Å². The van der Waals surface area contributed by atoms with Crippen LogP contribution < -0.4 is 5.73 Å². The predicted octanol–water partition coefficient (Wildman–Crippen LogP) is 4.09. The Kier molecular flexibility index (Phi) is 6.93. The van der Waals surface area contributed by atoms with Gasteiger partial charge >= 0.3 is 0 Å². The summed E-state index contributed by atoms with van der Waals surface area (Å²) in [7, 11) is 0. The maximum absolute atomic E-state index is 13.6. The van der Waals surface area contributed by atoms with Crippen LogP contribution in [-0.4, -0.2) is 24.5 Å². The molecule has 0 saturated carbocycles. The monoisotopic (exact) mass is 300 g/mol. The maximum Gasteiger partial charge on any atom is 0.125 e. The van der Waals surface area contributed by atoms with Crippen molar-refractivity contribution in [1.29, 1.82) is 0 Å². The molecule has 1 rings (SSSR count). The van der Waals surface area contributed by atoms with Crippen LogP contribution in [0.2, 0.25) is 5.02 Å². The molecule has 0 heterocycles. The molecule has 0 aliphatic rings. The Labute approximate surface area is 127 Å². The van der Waals surface area contributed by atoms with Crippen molar-refractivity contribution in [2.75, 3.05) is 19.6 Å². The quantitative estimate of drug-likeness (QED) is 0.821. The number of halogens is 2. The summed E-state index contributed by atoms with van der Waals surface area (Å²) in [4.78, 5) is 2.33. The van der Waals surface area contributed by atoms with E-state index in [1.165, 1.54) is 12.1 Å². The van der Waals surface area contributed by atoms with E-state index >= 15 is 0 Å². The van der Waals surface area contributed by atoms with Gasteiger partial charge in [0.1, 0.15) is 5.82 Å². The van der Waals surface area contributed by atoms with E-state index in [0.717, 1.165) is 18.7 Å². The van der Waals surface area contributed by atoms with Crippen LogP contribution in [0.4, 0.5) is 4.39 Å². The Bertz CT molecular complexity index is 391. The zero-order valence-electron chi connectivity index (χ0n) is 12.9. The minimum absolute atomic E-state index is 0.00741. The van der Waals surface area contributed by atoms with Crippen molar-refractivity contribution in [2.24, 2.45) is 17.6 Å². The summed E-state index contributed by atoms with van der Waals surface area (Å²) in [6, 6.07) is 4.69. The summed E-state index contributed by atoms with van der Waals surface area (Å²) in [5, 5.41) is 0.424. The molecule has 1 atom stereocenters. The summed E-state index contributed by atoms with van der Waals surface area (Å²) in [6.07, 6.45) is 0. The van der Waals surface area contributed by atoms with Crippen molar-refractivity contribution in [3.05, 3.63) is 34.6 Å². The van der Waals surface area contributed by atoms with Gasteiger partial charge in [0.25, 0.3) is 0 Å². The fourth-order valence-electron chi connectivity index (χ4n) is 2.53. The molecule has 20 heavy (non-hydrogen) atoms. The first-order chi connectivity index (χ1) is 9.33. The van der Waals surface area contributed by atoms with Crippen LogP contribution in [0.25, 0.3) is 0 Å². The third-order valence-electron chi connectivity index (χ3n) is 3.13. The molecule has 0 aliphatic heterocycles. The molecule has 0 bridgehead atoms. The highest BCUT2D eigenvalue weighted by atomic mass is 35.5. The normalized spacial score (nSPS) is 13.5. The maximum atomic E-state index is 13.6. The third-order valence-corrected chi connectivity index (χ3v) is 3.35. The number of rotatable bonds is 7. The van der Waals surface area contributed by atoms with E-state index < -0.39 is 0 Å². The zero-order chi connectivity index (χ0) is 15.3. The molecular formula is C16H26ClFN2. The molecule has 0 aromatic heterocycles. The van der Waals surface area contributed by atoms with E-state index in [4.69, 9.17) is 17.3 Å². The lowest BCUT2D eigenvalue weighted by molar-refractivity contribution is 0.160. The Morgan fingerprint density at radius 3 is 2.05 bits per heavy atom. The summed E-state index contributed by atoms with van der Waals surface area (Å²) < 4.78 is 13.6. The van der Waals surface area contributed by atoms with Gasteiger partial charge in [0.2, 0.25) is 0 Å². The van der Waals surface area contributed by atoms with E-state index in [0.29, 0.717) is 23.4 Å². The summed E-state index contributed by atoms with van der Waals surface area (Å²) >= 11 is 5.97. The first kappa shape index (κ1) is 17.4. The van der Waals surface area contributed by atoms with Crippen molar-refractivity contribution in [2.45, 2.75) is 33.7 Å². The number of hydrogen-bond acceptors (Lipinski definition) is 2. The van der Waals surface area contributed by atoms with Gasteiger partial charge in [-0.25, -0.2) is 4.39 Å². The smallest absolute Gasteiger partial charge is 0.125 e.